The zero-order chi connectivity index (χ0) is 21.5. The van der Waals surface area contributed by atoms with E-state index in [1.54, 1.807) is 30.3 Å². The van der Waals surface area contributed by atoms with Crippen LogP contribution in [0.25, 0.3) is 0 Å². The van der Waals surface area contributed by atoms with Gasteiger partial charge in [0, 0.05) is 38.4 Å². The molecule has 1 aliphatic heterocycles. The van der Waals surface area contributed by atoms with Crippen molar-refractivity contribution in [3.05, 3.63) is 61.1 Å². The Balaban J connectivity index is 1.30. The Morgan fingerprint density at radius 1 is 0.968 bits per heavy atom. The van der Waals surface area contributed by atoms with Gasteiger partial charge in [-0.15, -0.1) is 0 Å². The van der Waals surface area contributed by atoms with Gasteiger partial charge in [0.1, 0.15) is 23.8 Å². The van der Waals surface area contributed by atoms with E-state index < -0.39 is 0 Å². The lowest BCUT2D eigenvalue weighted by Gasteiger charge is -2.35. The van der Waals surface area contributed by atoms with Crippen molar-refractivity contribution in [2.75, 3.05) is 50.1 Å². The number of carbonyl (C=O) groups is 1. The van der Waals surface area contributed by atoms with Crippen LogP contribution in [0.3, 0.4) is 0 Å². The van der Waals surface area contributed by atoms with Crippen molar-refractivity contribution in [1.82, 2.24) is 19.9 Å². The molecule has 31 heavy (non-hydrogen) atoms. The molecule has 1 fully saturated rings. The summed E-state index contributed by atoms with van der Waals surface area (Å²) < 4.78 is 10.9. The number of anilines is 3. The van der Waals surface area contributed by atoms with Crippen LogP contribution in [0.15, 0.2) is 61.1 Å². The lowest BCUT2D eigenvalue weighted by Crippen LogP contribution is -2.50. The van der Waals surface area contributed by atoms with E-state index in [2.05, 4.69) is 25.2 Å². The number of methoxy groups -OCH3 is 1. The summed E-state index contributed by atoms with van der Waals surface area (Å²) in [6.07, 6.45) is 3.25. The van der Waals surface area contributed by atoms with Crippen molar-refractivity contribution in [1.29, 1.82) is 0 Å². The molecule has 160 valence electrons. The van der Waals surface area contributed by atoms with Crippen LogP contribution in [0.5, 0.6) is 11.5 Å². The number of aromatic nitrogens is 3. The highest BCUT2D eigenvalue weighted by atomic mass is 16.5. The monoisotopic (exact) mass is 420 g/mol. The van der Waals surface area contributed by atoms with E-state index in [4.69, 9.17) is 9.47 Å². The lowest BCUT2D eigenvalue weighted by atomic mass is 10.3. The third-order valence-corrected chi connectivity index (χ3v) is 4.95. The Bertz CT molecular complexity index is 1010. The Hall–Kier alpha value is -3.88. The Morgan fingerprint density at radius 2 is 1.74 bits per heavy atom. The van der Waals surface area contributed by atoms with Gasteiger partial charge in [-0.1, -0.05) is 18.2 Å². The molecular weight excluding hydrogens is 396 g/mol. The molecule has 1 aliphatic rings. The zero-order valence-corrected chi connectivity index (χ0v) is 17.3. The molecule has 9 heteroatoms. The van der Waals surface area contributed by atoms with Crippen LogP contribution in [0.1, 0.15) is 0 Å². The number of hydrogen-bond acceptors (Lipinski definition) is 8. The van der Waals surface area contributed by atoms with Crippen LogP contribution in [-0.2, 0) is 4.79 Å². The number of nitrogens with one attached hydrogen (secondary N) is 1. The van der Waals surface area contributed by atoms with Crippen molar-refractivity contribution >= 4 is 23.4 Å². The maximum absolute atomic E-state index is 12.6. The number of rotatable bonds is 7. The van der Waals surface area contributed by atoms with Crippen molar-refractivity contribution in [2.24, 2.45) is 0 Å². The van der Waals surface area contributed by atoms with E-state index in [-0.39, 0.29) is 12.5 Å². The molecule has 2 aromatic heterocycles. The Kier molecular flexibility index (Phi) is 6.41. The summed E-state index contributed by atoms with van der Waals surface area (Å²) in [6.45, 7) is 2.54. The summed E-state index contributed by atoms with van der Waals surface area (Å²) in [5, 5.41) is 3.17. The van der Waals surface area contributed by atoms with E-state index >= 15 is 0 Å². The highest BCUT2D eigenvalue weighted by Crippen LogP contribution is 2.26. The number of carbonyl (C=O) groups excluding carboxylic acids is 1. The van der Waals surface area contributed by atoms with Crippen molar-refractivity contribution in [2.45, 2.75) is 0 Å². The number of amides is 1. The molecule has 4 rings (SSSR count). The maximum atomic E-state index is 12.6. The number of ether oxygens (including phenoxy) is 2. The normalized spacial score (nSPS) is 13.6. The predicted molar refractivity (Wildman–Crippen MR) is 117 cm³/mol. The molecule has 9 nitrogen and oxygen atoms in total. The minimum absolute atomic E-state index is 0.0218. The summed E-state index contributed by atoms with van der Waals surface area (Å²) in [5.41, 5.74) is 0. The van der Waals surface area contributed by atoms with Crippen LogP contribution >= 0.6 is 0 Å². The van der Waals surface area contributed by atoms with Crippen LogP contribution < -0.4 is 19.7 Å². The fourth-order valence-electron chi connectivity index (χ4n) is 3.31. The molecule has 0 spiro atoms. The van der Waals surface area contributed by atoms with Gasteiger partial charge in [-0.25, -0.2) is 15.0 Å². The van der Waals surface area contributed by atoms with Gasteiger partial charge in [0.25, 0.3) is 5.91 Å². The second-order valence-corrected chi connectivity index (χ2v) is 6.91. The molecule has 1 amide bonds. The average Bonchev–Trinajstić information content (AvgIpc) is 2.83. The van der Waals surface area contributed by atoms with Crippen LogP contribution in [0, 0.1) is 0 Å². The standard InChI is InChI=1S/C22H24N6O3/c1-30-17-6-2-3-7-18(17)31-15-22(29)28-12-10-27(11-13-28)21-14-20(24-16-25-21)26-19-8-4-5-9-23-19/h2-9,14,16H,10-13,15H2,1H3,(H,23,24,25,26). The number of nitrogens with zero attached hydrogens (tertiary/aromatic N) is 5. The molecule has 0 atom stereocenters. The second-order valence-electron chi connectivity index (χ2n) is 6.91. The number of benzene rings is 1. The summed E-state index contributed by atoms with van der Waals surface area (Å²) in [7, 11) is 1.58. The quantitative estimate of drug-likeness (QED) is 0.623. The number of pyridine rings is 1. The van der Waals surface area contributed by atoms with E-state index in [1.807, 2.05) is 36.4 Å². The molecule has 3 aromatic rings. The first-order valence-electron chi connectivity index (χ1n) is 10.0. The number of piperazine rings is 1. The van der Waals surface area contributed by atoms with Crippen LogP contribution in [0.4, 0.5) is 17.5 Å². The van der Waals surface area contributed by atoms with E-state index in [1.165, 1.54) is 6.33 Å². The van der Waals surface area contributed by atoms with Crippen molar-refractivity contribution in [3.8, 4) is 11.5 Å². The average molecular weight is 420 g/mol. The van der Waals surface area contributed by atoms with Crippen LogP contribution in [0.2, 0.25) is 0 Å². The third-order valence-electron chi connectivity index (χ3n) is 4.95. The van der Waals surface area contributed by atoms with Gasteiger partial charge in [0.05, 0.1) is 7.11 Å². The maximum Gasteiger partial charge on any atom is 0.260 e. The van der Waals surface area contributed by atoms with Gasteiger partial charge in [0.15, 0.2) is 18.1 Å². The zero-order valence-electron chi connectivity index (χ0n) is 17.3. The largest absolute Gasteiger partial charge is 0.493 e. The third kappa shape index (κ3) is 5.19. The summed E-state index contributed by atoms with van der Waals surface area (Å²) >= 11 is 0. The summed E-state index contributed by atoms with van der Waals surface area (Å²) in [6, 6.07) is 14.8. The predicted octanol–water partition coefficient (Wildman–Crippen LogP) is 2.35. The fraction of sp³-hybridized carbons (Fsp3) is 0.273. The highest BCUT2D eigenvalue weighted by Gasteiger charge is 2.23. The first-order valence-corrected chi connectivity index (χ1v) is 10.0. The molecular formula is C22H24N6O3. The lowest BCUT2D eigenvalue weighted by molar-refractivity contribution is -0.133. The van der Waals surface area contributed by atoms with E-state index in [9.17, 15) is 4.79 Å². The minimum atomic E-state index is -0.0502. The smallest absolute Gasteiger partial charge is 0.260 e. The molecule has 3 heterocycles. The minimum Gasteiger partial charge on any atom is -0.493 e. The van der Waals surface area contributed by atoms with Gasteiger partial charge in [-0.05, 0) is 24.3 Å². The molecule has 1 N–H and O–H groups in total. The Labute approximate surface area is 180 Å². The van der Waals surface area contributed by atoms with Gasteiger partial charge >= 0.3 is 0 Å². The number of para-hydroxylation sites is 2. The fourth-order valence-corrected chi connectivity index (χ4v) is 3.31. The Morgan fingerprint density at radius 3 is 2.48 bits per heavy atom. The topological polar surface area (TPSA) is 92.7 Å². The molecule has 0 aliphatic carbocycles. The van der Waals surface area contributed by atoms with Gasteiger partial charge < -0.3 is 24.6 Å². The van der Waals surface area contributed by atoms with Gasteiger partial charge in [0.2, 0.25) is 0 Å². The first kappa shape index (κ1) is 20.4. The SMILES string of the molecule is COc1ccccc1OCC(=O)N1CCN(c2cc(Nc3ccccn3)ncn2)CC1. The number of hydrogen-bond donors (Lipinski definition) is 1. The summed E-state index contributed by atoms with van der Waals surface area (Å²) in [5.74, 6) is 3.33. The first-order chi connectivity index (χ1) is 15.2. The second kappa shape index (κ2) is 9.75. The van der Waals surface area contributed by atoms with E-state index in [0.29, 0.717) is 43.5 Å². The van der Waals surface area contributed by atoms with E-state index in [0.717, 1.165) is 11.6 Å². The molecule has 1 aromatic carbocycles. The molecule has 0 radical (unpaired) electrons. The molecule has 0 bridgehead atoms. The molecule has 0 saturated carbocycles. The van der Waals surface area contributed by atoms with Crippen molar-refractivity contribution in [3.63, 3.8) is 0 Å². The molecule has 1 saturated heterocycles. The highest BCUT2D eigenvalue weighted by molar-refractivity contribution is 5.78. The van der Waals surface area contributed by atoms with Gasteiger partial charge in [-0.3, -0.25) is 4.79 Å². The van der Waals surface area contributed by atoms with Crippen molar-refractivity contribution < 1.29 is 14.3 Å². The van der Waals surface area contributed by atoms with Crippen LogP contribution in [-0.4, -0.2) is 65.7 Å². The van der Waals surface area contributed by atoms with Gasteiger partial charge in [-0.2, -0.15) is 0 Å². The molecule has 0 unspecified atom stereocenters. The summed E-state index contributed by atoms with van der Waals surface area (Å²) in [4.78, 5) is 29.4.